The molecule has 0 bridgehead atoms. The van der Waals surface area contributed by atoms with E-state index in [2.05, 4.69) is 22.5 Å². The molecule has 2 aliphatic rings. The maximum Gasteiger partial charge on any atom is 0.319 e. The molecule has 156 valence electrons. The molecule has 1 aromatic rings. The molecule has 2 saturated heterocycles. The fourth-order valence-electron chi connectivity index (χ4n) is 4.12. The number of nitrogens with zero attached hydrogens (tertiary/aromatic N) is 2. The van der Waals surface area contributed by atoms with Gasteiger partial charge in [0.25, 0.3) is 0 Å². The topological polar surface area (TPSA) is 56.8 Å². The van der Waals surface area contributed by atoms with Crippen molar-refractivity contribution in [3.63, 3.8) is 0 Å². The standard InChI is InChI=1S/C21H33FN4O2/c1-4-17(14-25-9-5-6-10-25)23-21(27)24-18-7-8-20(19(22)11-18)26-12-15(2)28-16(3)13-26/h7-8,11,15-17H,4-6,9-10,12-14H2,1-3H3,(H2,23,24,27)/t15-,16+,17-/m1/s1. The molecular weight excluding hydrogens is 359 g/mol. The first-order chi connectivity index (χ1) is 13.4. The van der Waals surface area contributed by atoms with Crippen molar-refractivity contribution in [2.45, 2.75) is 58.3 Å². The van der Waals surface area contributed by atoms with Crippen LogP contribution < -0.4 is 15.5 Å². The number of anilines is 2. The maximum atomic E-state index is 14.7. The number of ether oxygens (including phenoxy) is 1. The number of morpholine rings is 1. The lowest BCUT2D eigenvalue weighted by molar-refractivity contribution is -0.00539. The Balaban J connectivity index is 1.56. The first kappa shape index (κ1) is 20.9. The zero-order chi connectivity index (χ0) is 20.1. The van der Waals surface area contributed by atoms with E-state index in [0.717, 1.165) is 26.1 Å². The normalized spacial score (nSPS) is 24.2. The van der Waals surface area contributed by atoms with Crippen molar-refractivity contribution in [2.24, 2.45) is 0 Å². The second-order valence-electron chi connectivity index (χ2n) is 8.04. The van der Waals surface area contributed by atoms with Crippen molar-refractivity contribution < 1.29 is 13.9 Å². The van der Waals surface area contributed by atoms with Crippen LogP contribution in [-0.2, 0) is 4.74 Å². The largest absolute Gasteiger partial charge is 0.372 e. The Labute approximate surface area is 167 Å². The Kier molecular flexibility index (Phi) is 7.13. The van der Waals surface area contributed by atoms with E-state index in [4.69, 9.17) is 4.74 Å². The average molecular weight is 393 g/mol. The molecule has 0 saturated carbocycles. The first-order valence-electron chi connectivity index (χ1n) is 10.4. The predicted molar refractivity (Wildman–Crippen MR) is 111 cm³/mol. The van der Waals surface area contributed by atoms with Crippen LogP contribution in [0.25, 0.3) is 0 Å². The highest BCUT2D eigenvalue weighted by Gasteiger charge is 2.24. The van der Waals surface area contributed by atoms with Crippen LogP contribution in [0.2, 0.25) is 0 Å². The van der Waals surface area contributed by atoms with Crippen LogP contribution >= 0.6 is 0 Å². The third-order valence-corrected chi connectivity index (χ3v) is 5.47. The van der Waals surface area contributed by atoms with E-state index in [-0.39, 0.29) is 30.1 Å². The Morgan fingerprint density at radius 1 is 1.25 bits per heavy atom. The number of rotatable bonds is 6. The van der Waals surface area contributed by atoms with Crippen LogP contribution in [0.5, 0.6) is 0 Å². The predicted octanol–water partition coefficient (Wildman–Crippen LogP) is 3.44. The number of carbonyl (C=O) groups excluding carboxylic acids is 1. The van der Waals surface area contributed by atoms with E-state index in [1.165, 1.54) is 18.9 Å². The summed E-state index contributed by atoms with van der Waals surface area (Å²) in [5.74, 6) is -0.330. The quantitative estimate of drug-likeness (QED) is 0.779. The van der Waals surface area contributed by atoms with Gasteiger partial charge in [0, 0.05) is 31.4 Å². The Bertz CT molecular complexity index is 656. The van der Waals surface area contributed by atoms with Gasteiger partial charge in [-0.2, -0.15) is 0 Å². The van der Waals surface area contributed by atoms with Gasteiger partial charge in [-0.3, -0.25) is 0 Å². The molecule has 2 amide bonds. The van der Waals surface area contributed by atoms with E-state index < -0.39 is 0 Å². The molecule has 7 heteroatoms. The fourth-order valence-corrected chi connectivity index (χ4v) is 4.12. The van der Waals surface area contributed by atoms with Crippen molar-refractivity contribution >= 4 is 17.4 Å². The average Bonchev–Trinajstić information content (AvgIpc) is 3.13. The van der Waals surface area contributed by atoms with Gasteiger partial charge in [0.05, 0.1) is 17.9 Å². The van der Waals surface area contributed by atoms with E-state index in [1.807, 2.05) is 18.7 Å². The number of carbonyl (C=O) groups is 1. The van der Waals surface area contributed by atoms with Gasteiger partial charge < -0.3 is 25.2 Å². The lowest BCUT2D eigenvalue weighted by Gasteiger charge is -2.37. The van der Waals surface area contributed by atoms with Gasteiger partial charge in [-0.05, 0) is 64.4 Å². The van der Waals surface area contributed by atoms with Gasteiger partial charge in [-0.1, -0.05) is 6.92 Å². The van der Waals surface area contributed by atoms with Gasteiger partial charge >= 0.3 is 6.03 Å². The molecule has 2 N–H and O–H groups in total. The Morgan fingerprint density at radius 2 is 1.93 bits per heavy atom. The molecule has 0 unspecified atom stereocenters. The molecule has 2 aliphatic heterocycles. The number of benzene rings is 1. The zero-order valence-corrected chi connectivity index (χ0v) is 17.2. The SMILES string of the molecule is CC[C@H](CN1CCCC1)NC(=O)Nc1ccc(N2C[C@@H](C)O[C@@H](C)C2)c(F)c1. The van der Waals surface area contributed by atoms with Crippen molar-refractivity contribution in [2.75, 3.05) is 42.9 Å². The summed E-state index contributed by atoms with van der Waals surface area (Å²) in [6.45, 7) is 10.4. The second kappa shape index (κ2) is 9.56. The molecule has 0 spiro atoms. The van der Waals surface area contributed by atoms with E-state index in [0.29, 0.717) is 24.5 Å². The molecule has 0 aliphatic carbocycles. The van der Waals surface area contributed by atoms with E-state index >= 15 is 0 Å². The summed E-state index contributed by atoms with van der Waals surface area (Å²) in [6.07, 6.45) is 3.45. The third kappa shape index (κ3) is 5.58. The first-order valence-corrected chi connectivity index (χ1v) is 10.4. The zero-order valence-electron chi connectivity index (χ0n) is 17.2. The molecule has 2 fully saturated rings. The number of likely N-dealkylation sites (tertiary alicyclic amines) is 1. The van der Waals surface area contributed by atoms with Crippen LogP contribution in [0.15, 0.2) is 18.2 Å². The molecule has 28 heavy (non-hydrogen) atoms. The number of hydrogen-bond donors (Lipinski definition) is 2. The van der Waals surface area contributed by atoms with Gasteiger partial charge in [-0.25, -0.2) is 9.18 Å². The minimum absolute atomic E-state index is 0.0633. The van der Waals surface area contributed by atoms with Gasteiger partial charge in [0.15, 0.2) is 0 Å². The fraction of sp³-hybridized carbons (Fsp3) is 0.667. The van der Waals surface area contributed by atoms with Crippen molar-refractivity contribution in [1.82, 2.24) is 10.2 Å². The summed E-state index contributed by atoms with van der Waals surface area (Å²) < 4.78 is 20.4. The number of nitrogens with one attached hydrogen (secondary N) is 2. The summed E-state index contributed by atoms with van der Waals surface area (Å²) in [5.41, 5.74) is 1.01. The van der Waals surface area contributed by atoms with Crippen molar-refractivity contribution in [3.05, 3.63) is 24.0 Å². The van der Waals surface area contributed by atoms with Crippen LogP contribution in [0.1, 0.15) is 40.0 Å². The highest BCUT2D eigenvalue weighted by molar-refractivity contribution is 5.89. The molecule has 6 nitrogen and oxygen atoms in total. The molecule has 3 rings (SSSR count). The summed E-state index contributed by atoms with van der Waals surface area (Å²) in [6, 6.07) is 4.69. The Morgan fingerprint density at radius 3 is 2.54 bits per heavy atom. The Hall–Kier alpha value is -1.86. The van der Waals surface area contributed by atoms with Crippen LogP contribution in [0.4, 0.5) is 20.6 Å². The molecule has 0 radical (unpaired) electrons. The molecule has 2 heterocycles. The smallest absolute Gasteiger partial charge is 0.319 e. The van der Waals surface area contributed by atoms with Crippen LogP contribution in [0, 0.1) is 5.82 Å². The number of amides is 2. The van der Waals surface area contributed by atoms with Gasteiger partial charge in [0.2, 0.25) is 0 Å². The van der Waals surface area contributed by atoms with Gasteiger partial charge in [-0.15, -0.1) is 0 Å². The van der Waals surface area contributed by atoms with Crippen molar-refractivity contribution in [1.29, 1.82) is 0 Å². The lowest BCUT2D eigenvalue weighted by Crippen LogP contribution is -2.45. The second-order valence-corrected chi connectivity index (χ2v) is 8.04. The summed E-state index contributed by atoms with van der Waals surface area (Å²) in [5, 5.41) is 5.78. The maximum absolute atomic E-state index is 14.7. The third-order valence-electron chi connectivity index (χ3n) is 5.47. The number of hydrogen-bond acceptors (Lipinski definition) is 4. The molecular formula is C21H33FN4O2. The summed E-state index contributed by atoms with van der Waals surface area (Å²) in [4.78, 5) is 16.7. The number of urea groups is 1. The minimum Gasteiger partial charge on any atom is -0.372 e. The van der Waals surface area contributed by atoms with Crippen molar-refractivity contribution in [3.8, 4) is 0 Å². The van der Waals surface area contributed by atoms with E-state index in [9.17, 15) is 9.18 Å². The monoisotopic (exact) mass is 392 g/mol. The highest BCUT2D eigenvalue weighted by Crippen LogP contribution is 2.26. The van der Waals surface area contributed by atoms with Crippen LogP contribution in [0.3, 0.4) is 0 Å². The molecule has 1 aromatic carbocycles. The summed E-state index contributed by atoms with van der Waals surface area (Å²) in [7, 11) is 0. The van der Waals surface area contributed by atoms with E-state index in [1.54, 1.807) is 12.1 Å². The summed E-state index contributed by atoms with van der Waals surface area (Å²) >= 11 is 0. The molecule has 0 aromatic heterocycles. The minimum atomic E-state index is -0.330. The van der Waals surface area contributed by atoms with Crippen LogP contribution in [-0.4, -0.2) is 61.9 Å². The molecule has 3 atom stereocenters. The highest BCUT2D eigenvalue weighted by atomic mass is 19.1. The van der Waals surface area contributed by atoms with Gasteiger partial charge in [0.1, 0.15) is 5.82 Å². The number of halogens is 1. The lowest BCUT2D eigenvalue weighted by atomic mass is 10.2.